The van der Waals surface area contributed by atoms with E-state index in [0.29, 0.717) is 0 Å². The molecule has 3 aromatic carbocycles. The van der Waals surface area contributed by atoms with Crippen molar-refractivity contribution in [1.82, 2.24) is 0 Å². The Morgan fingerprint density at radius 3 is 2.05 bits per heavy atom. The van der Waals surface area contributed by atoms with Crippen molar-refractivity contribution in [3.8, 4) is 11.1 Å². The Bertz CT molecular complexity index is 788. The summed E-state index contributed by atoms with van der Waals surface area (Å²) < 4.78 is 0. The van der Waals surface area contributed by atoms with Gasteiger partial charge in [-0.25, -0.2) is 0 Å². The molecule has 1 nitrogen and oxygen atoms in total. The third kappa shape index (κ3) is 2.71. The van der Waals surface area contributed by atoms with Gasteiger partial charge in [0.15, 0.2) is 5.78 Å². The van der Waals surface area contributed by atoms with Gasteiger partial charge < -0.3 is 0 Å². The van der Waals surface area contributed by atoms with Crippen LogP contribution in [0.2, 0.25) is 0 Å². The van der Waals surface area contributed by atoms with E-state index in [1.165, 1.54) is 0 Å². The summed E-state index contributed by atoms with van der Waals surface area (Å²) in [6.07, 6.45) is 0.857. The fraction of sp³-hybridized carbons (Fsp3) is 0.0952. The Balaban J connectivity index is 2.11. The monoisotopic (exact) mass is 286 g/mol. The van der Waals surface area contributed by atoms with Crippen molar-refractivity contribution in [3.05, 3.63) is 95.6 Å². The van der Waals surface area contributed by atoms with Gasteiger partial charge in [0.2, 0.25) is 0 Å². The average Bonchev–Trinajstić information content (AvgIpc) is 2.62. The zero-order valence-electron chi connectivity index (χ0n) is 12.6. The van der Waals surface area contributed by atoms with Crippen LogP contribution in [0.3, 0.4) is 0 Å². The van der Waals surface area contributed by atoms with E-state index in [0.717, 1.165) is 34.2 Å². The third-order valence-electron chi connectivity index (χ3n) is 3.90. The van der Waals surface area contributed by atoms with E-state index >= 15 is 0 Å². The molecule has 0 fully saturated rings. The molecule has 0 bridgehead atoms. The molecule has 0 aliphatic heterocycles. The molecule has 0 aliphatic rings. The van der Waals surface area contributed by atoms with E-state index in [9.17, 15) is 4.79 Å². The molecule has 0 atom stereocenters. The van der Waals surface area contributed by atoms with E-state index < -0.39 is 0 Å². The molecule has 0 saturated carbocycles. The zero-order chi connectivity index (χ0) is 15.4. The molecule has 0 heterocycles. The van der Waals surface area contributed by atoms with Crippen molar-refractivity contribution in [2.75, 3.05) is 0 Å². The summed E-state index contributed by atoms with van der Waals surface area (Å²) in [7, 11) is 0. The molecule has 1 heteroatoms. The maximum absolute atomic E-state index is 13.0. The van der Waals surface area contributed by atoms with Crippen LogP contribution < -0.4 is 0 Å². The summed E-state index contributed by atoms with van der Waals surface area (Å²) in [5.74, 6) is 0.0944. The molecule has 0 spiro atoms. The molecule has 22 heavy (non-hydrogen) atoms. The van der Waals surface area contributed by atoms with E-state index in [2.05, 4.69) is 6.92 Å². The molecule has 3 rings (SSSR count). The van der Waals surface area contributed by atoms with Gasteiger partial charge in [-0.3, -0.25) is 4.79 Å². The molecule has 0 saturated heterocycles. The second-order valence-corrected chi connectivity index (χ2v) is 5.25. The van der Waals surface area contributed by atoms with Gasteiger partial charge >= 0.3 is 0 Å². The third-order valence-corrected chi connectivity index (χ3v) is 3.90. The number of aryl methyl sites for hydroxylation is 1. The molecule has 0 aliphatic carbocycles. The average molecular weight is 286 g/mol. The van der Waals surface area contributed by atoms with Crippen LogP contribution in [-0.4, -0.2) is 5.78 Å². The lowest BCUT2D eigenvalue weighted by molar-refractivity contribution is 0.103. The first kappa shape index (κ1) is 14.3. The summed E-state index contributed by atoms with van der Waals surface area (Å²) in [6.45, 7) is 2.08. The van der Waals surface area contributed by atoms with Crippen LogP contribution in [0.4, 0.5) is 0 Å². The SMILES string of the molecule is CCc1ccccc1C(=O)c1ccccc1-c1ccccc1. The number of carbonyl (C=O) groups is 1. The first-order valence-electron chi connectivity index (χ1n) is 7.58. The van der Waals surface area contributed by atoms with Crippen LogP contribution in [0.5, 0.6) is 0 Å². The topological polar surface area (TPSA) is 17.1 Å². The minimum absolute atomic E-state index is 0.0944. The van der Waals surface area contributed by atoms with Crippen molar-refractivity contribution in [1.29, 1.82) is 0 Å². The second-order valence-electron chi connectivity index (χ2n) is 5.25. The van der Waals surface area contributed by atoms with Gasteiger partial charge in [-0.15, -0.1) is 0 Å². The van der Waals surface area contributed by atoms with Crippen molar-refractivity contribution in [2.24, 2.45) is 0 Å². The van der Waals surface area contributed by atoms with Crippen molar-refractivity contribution in [2.45, 2.75) is 13.3 Å². The normalized spacial score (nSPS) is 10.4. The lowest BCUT2D eigenvalue weighted by atomic mass is 9.91. The van der Waals surface area contributed by atoms with Gasteiger partial charge in [0, 0.05) is 11.1 Å². The van der Waals surface area contributed by atoms with E-state index in [1.54, 1.807) is 0 Å². The highest BCUT2D eigenvalue weighted by Gasteiger charge is 2.16. The first-order valence-corrected chi connectivity index (χ1v) is 7.58. The lowest BCUT2D eigenvalue weighted by Gasteiger charge is -2.11. The van der Waals surface area contributed by atoms with Gasteiger partial charge in [-0.05, 0) is 23.1 Å². The zero-order valence-corrected chi connectivity index (χ0v) is 12.6. The highest BCUT2D eigenvalue weighted by molar-refractivity contribution is 6.13. The molecule has 0 unspecified atom stereocenters. The second kappa shape index (κ2) is 6.40. The van der Waals surface area contributed by atoms with Crippen LogP contribution in [-0.2, 0) is 6.42 Å². The minimum Gasteiger partial charge on any atom is -0.289 e. The van der Waals surface area contributed by atoms with Crippen LogP contribution in [0, 0.1) is 0 Å². The first-order chi connectivity index (χ1) is 10.8. The van der Waals surface area contributed by atoms with Gasteiger partial charge in [-0.2, -0.15) is 0 Å². The summed E-state index contributed by atoms with van der Waals surface area (Å²) in [5.41, 5.74) is 4.71. The Morgan fingerprint density at radius 2 is 1.32 bits per heavy atom. The Labute approximate surface area is 131 Å². The van der Waals surface area contributed by atoms with Gasteiger partial charge in [0.1, 0.15) is 0 Å². The van der Waals surface area contributed by atoms with Crippen LogP contribution in [0.1, 0.15) is 28.4 Å². The fourth-order valence-electron chi connectivity index (χ4n) is 2.75. The number of carbonyl (C=O) groups excluding carboxylic acids is 1. The number of hydrogen-bond acceptors (Lipinski definition) is 1. The summed E-state index contributed by atoms with van der Waals surface area (Å²) >= 11 is 0. The Kier molecular flexibility index (Phi) is 4.15. The number of ketones is 1. The predicted octanol–water partition coefficient (Wildman–Crippen LogP) is 5.15. The molecular formula is C21H18O. The molecule has 0 amide bonds. The molecular weight excluding hydrogens is 268 g/mol. The lowest BCUT2D eigenvalue weighted by Crippen LogP contribution is -2.06. The molecule has 108 valence electrons. The number of benzene rings is 3. The highest BCUT2D eigenvalue weighted by Crippen LogP contribution is 2.26. The summed E-state index contributed by atoms with van der Waals surface area (Å²) in [5, 5.41) is 0. The molecule has 3 aromatic rings. The Morgan fingerprint density at radius 1 is 0.727 bits per heavy atom. The number of hydrogen-bond donors (Lipinski definition) is 0. The van der Waals surface area contributed by atoms with Gasteiger partial charge in [0.25, 0.3) is 0 Å². The maximum atomic E-state index is 13.0. The quantitative estimate of drug-likeness (QED) is 0.606. The van der Waals surface area contributed by atoms with Crippen molar-refractivity contribution < 1.29 is 4.79 Å². The van der Waals surface area contributed by atoms with Crippen LogP contribution in [0.15, 0.2) is 78.9 Å². The molecule has 0 radical (unpaired) electrons. The summed E-state index contributed by atoms with van der Waals surface area (Å²) in [4.78, 5) is 13.0. The van der Waals surface area contributed by atoms with Crippen LogP contribution >= 0.6 is 0 Å². The largest absolute Gasteiger partial charge is 0.289 e. The summed E-state index contributed by atoms with van der Waals surface area (Å²) in [6, 6.07) is 25.7. The van der Waals surface area contributed by atoms with Crippen molar-refractivity contribution >= 4 is 5.78 Å². The van der Waals surface area contributed by atoms with Crippen LogP contribution in [0.25, 0.3) is 11.1 Å². The van der Waals surface area contributed by atoms with Gasteiger partial charge in [0.05, 0.1) is 0 Å². The Hall–Kier alpha value is -2.67. The van der Waals surface area contributed by atoms with E-state index in [1.807, 2.05) is 78.9 Å². The van der Waals surface area contributed by atoms with E-state index in [4.69, 9.17) is 0 Å². The number of rotatable bonds is 4. The minimum atomic E-state index is 0.0944. The predicted molar refractivity (Wildman–Crippen MR) is 91.1 cm³/mol. The highest BCUT2D eigenvalue weighted by atomic mass is 16.1. The molecule has 0 N–H and O–H groups in total. The van der Waals surface area contributed by atoms with Crippen molar-refractivity contribution in [3.63, 3.8) is 0 Å². The van der Waals surface area contributed by atoms with Gasteiger partial charge in [-0.1, -0.05) is 85.8 Å². The molecule has 0 aromatic heterocycles. The smallest absolute Gasteiger partial charge is 0.193 e. The maximum Gasteiger partial charge on any atom is 0.193 e. The van der Waals surface area contributed by atoms with E-state index in [-0.39, 0.29) is 5.78 Å². The fourth-order valence-corrected chi connectivity index (χ4v) is 2.75. The standard InChI is InChI=1S/C21H18O/c1-2-16-10-6-7-14-19(16)21(22)20-15-9-8-13-18(20)17-11-4-3-5-12-17/h3-15H,2H2,1H3.